The second kappa shape index (κ2) is 6.37. The Bertz CT molecular complexity index is 1140. The molecule has 4 rings (SSSR count). The minimum Gasteiger partial charge on any atom is -0.478 e. The van der Waals surface area contributed by atoms with E-state index < -0.39 is 5.97 Å². The molecule has 0 aliphatic rings. The van der Waals surface area contributed by atoms with E-state index in [2.05, 4.69) is 22.6 Å². The maximum Gasteiger partial charge on any atom is 0.336 e. The first-order valence-electron chi connectivity index (χ1n) is 7.75. The zero-order valence-electron chi connectivity index (χ0n) is 13.1. The van der Waals surface area contributed by atoms with Crippen LogP contribution in [0.5, 0.6) is 0 Å². The molecule has 3 nitrogen and oxygen atoms in total. The van der Waals surface area contributed by atoms with E-state index in [4.69, 9.17) is 4.42 Å². The van der Waals surface area contributed by atoms with E-state index in [-0.39, 0.29) is 5.57 Å². The zero-order chi connectivity index (χ0) is 17.4. The molecular formula is C21H13IO3. The lowest BCUT2D eigenvalue weighted by Gasteiger charge is -2.06. The summed E-state index contributed by atoms with van der Waals surface area (Å²) in [7, 11) is 0. The summed E-state index contributed by atoms with van der Waals surface area (Å²) in [6, 6.07) is 21.1. The van der Waals surface area contributed by atoms with Gasteiger partial charge in [-0.15, -0.1) is 0 Å². The first kappa shape index (κ1) is 15.9. The molecule has 1 N–H and O–H groups in total. The van der Waals surface area contributed by atoms with Crippen LogP contribution in [-0.4, -0.2) is 11.1 Å². The third-order valence-electron chi connectivity index (χ3n) is 4.13. The molecule has 0 aliphatic carbocycles. The van der Waals surface area contributed by atoms with Crippen LogP contribution in [0.3, 0.4) is 0 Å². The Morgan fingerprint density at radius 2 is 1.64 bits per heavy atom. The minimum absolute atomic E-state index is 0.248. The first-order chi connectivity index (χ1) is 12.1. The van der Waals surface area contributed by atoms with Gasteiger partial charge in [-0.2, -0.15) is 0 Å². The highest BCUT2D eigenvalue weighted by Crippen LogP contribution is 2.33. The van der Waals surface area contributed by atoms with Gasteiger partial charge in [-0.3, -0.25) is 0 Å². The van der Waals surface area contributed by atoms with E-state index in [0.717, 1.165) is 25.5 Å². The summed E-state index contributed by atoms with van der Waals surface area (Å²) in [6.07, 6.45) is 1.69. The molecule has 0 atom stereocenters. The molecule has 0 radical (unpaired) electrons. The first-order valence-corrected chi connectivity index (χ1v) is 8.83. The largest absolute Gasteiger partial charge is 0.478 e. The third-order valence-corrected chi connectivity index (χ3v) is 5.07. The van der Waals surface area contributed by atoms with Gasteiger partial charge in [0.25, 0.3) is 0 Å². The van der Waals surface area contributed by atoms with Gasteiger partial charge in [-0.05, 0) is 40.8 Å². The van der Waals surface area contributed by atoms with Crippen LogP contribution >= 0.6 is 22.6 Å². The summed E-state index contributed by atoms with van der Waals surface area (Å²) in [5.41, 5.74) is 3.20. The number of halogens is 1. The fourth-order valence-corrected chi connectivity index (χ4v) is 3.65. The highest BCUT2D eigenvalue weighted by Gasteiger charge is 2.15. The second-order valence-electron chi connectivity index (χ2n) is 5.67. The molecule has 122 valence electrons. The summed E-state index contributed by atoms with van der Waals surface area (Å²) in [6.45, 7) is 0. The van der Waals surface area contributed by atoms with E-state index in [1.807, 2.05) is 66.7 Å². The molecule has 0 spiro atoms. The lowest BCUT2D eigenvalue weighted by Crippen LogP contribution is -2.01. The van der Waals surface area contributed by atoms with Crippen LogP contribution in [0.15, 0.2) is 71.1 Å². The Labute approximate surface area is 157 Å². The van der Waals surface area contributed by atoms with Crippen molar-refractivity contribution in [2.24, 2.45) is 0 Å². The second-order valence-corrected chi connectivity index (χ2v) is 6.83. The van der Waals surface area contributed by atoms with Crippen molar-refractivity contribution in [2.45, 2.75) is 0 Å². The normalized spacial score (nSPS) is 12.0. The number of carboxylic acids is 1. The van der Waals surface area contributed by atoms with Gasteiger partial charge in [0.1, 0.15) is 11.2 Å². The van der Waals surface area contributed by atoms with Gasteiger partial charge in [-0.1, -0.05) is 54.6 Å². The van der Waals surface area contributed by atoms with Crippen molar-refractivity contribution in [3.05, 3.63) is 81.4 Å². The fraction of sp³-hybridized carbons (Fsp3) is 0. The number of rotatable bonds is 3. The molecule has 0 unspecified atom stereocenters. The Hall–Kier alpha value is -2.60. The van der Waals surface area contributed by atoms with Crippen LogP contribution in [0.1, 0.15) is 11.1 Å². The van der Waals surface area contributed by atoms with Crippen molar-refractivity contribution in [3.8, 4) is 0 Å². The van der Waals surface area contributed by atoms with Crippen molar-refractivity contribution in [1.29, 1.82) is 0 Å². The quantitative estimate of drug-likeness (QED) is 0.248. The monoisotopic (exact) mass is 440 g/mol. The van der Waals surface area contributed by atoms with Gasteiger partial charge in [0.2, 0.25) is 0 Å². The lowest BCUT2D eigenvalue weighted by atomic mass is 10.0. The molecule has 1 heterocycles. The number of carbonyl (C=O) groups is 1. The van der Waals surface area contributed by atoms with Gasteiger partial charge in [-0.25, -0.2) is 4.79 Å². The molecule has 1 aromatic heterocycles. The number of fused-ring (bicyclic) bond motifs is 3. The Morgan fingerprint density at radius 3 is 2.44 bits per heavy atom. The Kier molecular flexibility index (Phi) is 4.05. The predicted octanol–water partition coefficient (Wildman–Crippen LogP) is 5.82. The van der Waals surface area contributed by atoms with Gasteiger partial charge in [0, 0.05) is 25.5 Å². The highest BCUT2D eigenvalue weighted by molar-refractivity contribution is 14.1. The summed E-state index contributed by atoms with van der Waals surface area (Å²) in [4.78, 5) is 11.9. The van der Waals surface area contributed by atoms with Gasteiger partial charge >= 0.3 is 5.97 Å². The smallest absolute Gasteiger partial charge is 0.336 e. The molecule has 0 bridgehead atoms. The molecule has 4 aromatic rings. The molecular weight excluding hydrogens is 427 g/mol. The SMILES string of the molecule is O=C(O)/C(=C\c1cccc2c1oc1ccccc12)c1ccccc1I. The molecule has 0 fully saturated rings. The number of hydrogen-bond donors (Lipinski definition) is 1. The van der Waals surface area contributed by atoms with Gasteiger partial charge < -0.3 is 9.52 Å². The van der Waals surface area contributed by atoms with Crippen molar-refractivity contribution >= 4 is 62.1 Å². The van der Waals surface area contributed by atoms with Crippen LogP contribution < -0.4 is 0 Å². The summed E-state index contributed by atoms with van der Waals surface area (Å²) in [5.74, 6) is -0.961. The zero-order valence-corrected chi connectivity index (χ0v) is 15.2. The number of benzene rings is 3. The number of furan rings is 1. The lowest BCUT2D eigenvalue weighted by molar-refractivity contribution is -0.130. The molecule has 0 saturated heterocycles. The molecule has 3 aromatic carbocycles. The Balaban J connectivity index is 1.98. The maximum absolute atomic E-state index is 11.9. The topological polar surface area (TPSA) is 50.4 Å². The summed E-state index contributed by atoms with van der Waals surface area (Å²) >= 11 is 2.15. The van der Waals surface area contributed by atoms with E-state index in [9.17, 15) is 9.90 Å². The van der Waals surface area contributed by atoms with Gasteiger partial charge in [0.15, 0.2) is 0 Å². The fourth-order valence-electron chi connectivity index (χ4n) is 2.97. The minimum atomic E-state index is -0.961. The van der Waals surface area contributed by atoms with Crippen LogP contribution in [-0.2, 0) is 4.79 Å². The van der Waals surface area contributed by atoms with E-state index in [0.29, 0.717) is 11.1 Å². The van der Waals surface area contributed by atoms with E-state index in [1.54, 1.807) is 6.08 Å². The number of aliphatic carboxylic acids is 1. The molecule has 0 aliphatic heterocycles. The number of hydrogen-bond acceptors (Lipinski definition) is 2. The Morgan fingerprint density at radius 1 is 0.920 bits per heavy atom. The average molecular weight is 440 g/mol. The third kappa shape index (κ3) is 2.82. The predicted molar refractivity (Wildman–Crippen MR) is 108 cm³/mol. The van der Waals surface area contributed by atoms with Crippen LogP contribution in [0.25, 0.3) is 33.6 Å². The van der Waals surface area contributed by atoms with Crippen molar-refractivity contribution in [1.82, 2.24) is 0 Å². The van der Waals surface area contributed by atoms with Gasteiger partial charge in [0.05, 0.1) is 5.57 Å². The van der Waals surface area contributed by atoms with Crippen LogP contribution in [0.4, 0.5) is 0 Å². The van der Waals surface area contributed by atoms with E-state index >= 15 is 0 Å². The van der Waals surface area contributed by atoms with Crippen LogP contribution in [0, 0.1) is 3.57 Å². The van der Waals surface area contributed by atoms with Crippen molar-refractivity contribution < 1.29 is 14.3 Å². The summed E-state index contributed by atoms with van der Waals surface area (Å²) < 4.78 is 6.88. The number of para-hydroxylation sites is 2. The van der Waals surface area contributed by atoms with Crippen LogP contribution in [0.2, 0.25) is 0 Å². The molecule has 4 heteroatoms. The standard InChI is InChI=1S/C21H13IO3/c22-18-10-3-1-7-14(18)17(21(23)24)12-13-6-5-9-16-15-8-2-4-11-19(15)25-20(13)16/h1-12H,(H,23,24)/b17-12-. The molecule has 0 amide bonds. The summed E-state index contributed by atoms with van der Waals surface area (Å²) in [5, 5.41) is 11.7. The van der Waals surface area contributed by atoms with Crippen molar-refractivity contribution in [2.75, 3.05) is 0 Å². The number of carboxylic acid groups (broad SMARTS) is 1. The average Bonchev–Trinajstić information content (AvgIpc) is 3.00. The van der Waals surface area contributed by atoms with E-state index in [1.165, 1.54) is 0 Å². The highest BCUT2D eigenvalue weighted by atomic mass is 127. The van der Waals surface area contributed by atoms with Crippen molar-refractivity contribution in [3.63, 3.8) is 0 Å². The molecule has 0 saturated carbocycles. The maximum atomic E-state index is 11.9. The molecule has 25 heavy (non-hydrogen) atoms.